The highest BCUT2D eigenvalue weighted by Crippen LogP contribution is 2.18. The second kappa shape index (κ2) is 6.76. The lowest BCUT2D eigenvalue weighted by molar-refractivity contribution is -0.645. The van der Waals surface area contributed by atoms with Crippen LogP contribution in [-0.2, 0) is 11.3 Å². The molecule has 0 bridgehead atoms. The van der Waals surface area contributed by atoms with Crippen molar-refractivity contribution in [1.82, 2.24) is 4.90 Å². The fourth-order valence-corrected chi connectivity index (χ4v) is 3.45. The Labute approximate surface area is 126 Å². The van der Waals surface area contributed by atoms with Crippen LogP contribution in [-0.4, -0.2) is 23.6 Å². The number of thioether (sulfide) groups is 1. The number of hydrogen-bond donors (Lipinski definition) is 0. The quantitative estimate of drug-likeness (QED) is 0.484. The highest BCUT2D eigenvalue weighted by molar-refractivity contribution is 7.99. The molecule has 2 heterocycles. The van der Waals surface area contributed by atoms with Crippen molar-refractivity contribution in [2.24, 2.45) is 0 Å². The first-order chi connectivity index (χ1) is 9.58. The van der Waals surface area contributed by atoms with Crippen LogP contribution in [0.25, 0.3) is 0 Å². The van der Waals surface area contributed by atoms with E-state index >= 15 is 0 Å². The van der Waals surface area contributed by atoms with Crippen molar-refractivity contribution in [3.63, 3.8) is 0 Å². The molecule has 0 aliphatic rings. The van der Waals surface area contributed by atoms with E-state index in [9.17, 15) is 10.0 Å². The largest absolute Gasteiger partial charge is 0.618 e. The first-order valence-electron chi connectivity index (χ1n) is 6.16. The Bertz CT molecular complexity index is 598. The second-order valence-corrected chi connectivity index (χ2v) is 6.43. The SMILES string of the molecule is Cc1ccsc1CN(C)C(=O)CSc1cccc[n+]1[O-]. The van der Waals surface area contributed by atoms with Gasteiger partial charge in [-0.2, -0.15) is 4.73 Å². The average Bonchev–Trinajstić information content (AvgIpc) is 2.83. The number of nitrogens with zero attached hydrogens (tertiary/aromatic N) is 2. The number of carbonyl (C=O) groups excluding carboxylic acids is 1. The van der Waals surface area contributed by atoms with E-state index in [4.69, 9.17) is 0 Å². The van der Waals surface area contributed by atoms with Crippen LogP contribution < -0.4 is 4.73 Å². The molecule has 2 rings (SSSR count). The van der Waals surface area contributed by atoms with Crippen LogP contribution >= 0.6 is 23.1 Å². The van der Waals surface area contributed by atoms with Gasteiger partial charge in [0.05, 0.1) is 12.3 Å². The van der Waals surface area contributed by atoms with Gasteiger partial charge in [-0.15, -0.1) is 11.3 Å². The molecule has 2 aromatic rings. The summed E-state index contributed by atoms with van der Waals surface area (Å²) < 4.78 is 0.779. The predicted octanol–water partition coefficient (Wildman–Crippen LogP) is 2.44. The number of aromatic nitrogens is 1. The van der Waals surface area contributed by atoms with E-state index in [-0.39, 0.29) is 11.7 Å². The summed E-state index contributed by atoms with van der Waals surface area (Å²) in [5.74, 6) is 0.291. The number of pyridine rings is 1. The normalized spacial score (nSPS) is 10.5. The minimum Gasteiger partial charge on any atom is -0.618 e. The molecule has 106 valence electrons. The lowest BCUT2D eigenvalue weighted by Gasteiger charge is -2.16. The van der Waals surface area contributed by atoms with Gasteiger partial charge in [0.15, 0.2) is 6.20 Å². The molecule has 0 N–H and O–H groups in total. The molecule has 0 spiro atoms. The van der Waals surface area contributed by atoms with E-state index in [0.717, 1.165) is 4.73 Å². The van der Waals surface area contributed by atoms with Gasteiger partial charge < -0.3 is 10.1 Å². The van der Waals surface area contributed by atoms with Crippen LogP contribution in [0.2, 0.25) is 0 Å². The summed E-state index contributed by atoms with van der Waals surface area (Å²) in [6, 6.07) is 7.23. The van der Waals surface area contributed by atoms with Gasteiger partial charge in [0.1, 0.15) is 0 Å². The van der Waals surface area contributed by atoms with E-state index in [0.29, 0.717) is 11.6 Å². The van der Waals surface area contributed by atoms with Gasteiger partial charge >= 0.3 is 0 Å². The van der Waals surface area contributed by atoms with Gasteiger partial charge in [0.2, 0.25) is 5.91 Å². The number of carbonyl (C=O) groups is 1. The minimum absolute atomic E-state index is 0.0200. The van der Waals surface area contributed by atoms with Crippen molar-refractivity contribution in [3.05, 3.63) is 51.5 Å². The zero-order chi connectivity index (χ0) is 14.5. The van der Waals surface area contributed by atoms with Crippen LogP contribution in [0.1, 0.15) is 10.4 Å². The molecule has 2 aromatic heterocycles. The Kier molecular flexibility index (Phi) is 5.03. The van der Waals surface area contributed by atoms with E-state index < -0.39 is 0 Å². The molecule has 0 saturated heterocycles. The van der Waals surface area contributed by atoms with Crippen LogP contribution in [0, 0.1) is 12.1 Å². The van der Waals surface area contributed by atoms with E-state index in [1.54, 1.807) is 41.5 Å². The minimum atomic E-state index is 0.0200. The van der Waals surface area contributed by atoms with Gasteiger partial charge in [-0.05, 0) is 41.8 Å². The second-order valence-electron chi connectivity index (χ2n) is 4.43. The summed E-state index contributed by atoms with van der Waals surface area (Å²) in [4.78, 5) is 15.0. The summed E-state index contributed by atoms with van der Waals surface area (Å²) in [6.45, 7) is 2.66. The molecule has 0 fully saturated rings. The Morgan fingerprint density at radius 3 is 2.90 bits per heavy atom. The number of rotatable bonds is 5. The summed E-state index contributed by atoms with van der Waals surface area (Å²) in [5.41, 5.74) is 1.21. The molecule has 0 atom stereocenters. The fourth-order valence-electron chi connectivity index (χ4n) is 1.64. The van der Waals surface area contributed by atoms with Crippen LogP contribution in [0.3, 0.4) is 0 Å². The Balaban J connectivity index is 1.89. The monoisotopic (exact) mass is 308 g/mol. The molecular formula is C14H16N2O2S2. The Morgan fingerprint density at radius 2 is 2.25 bits per heavy atom. The molecule has 0 aliphatic heterocycles. The molecule has 0 aliphatic carbocycles. The number of thiophene rings is 1. The lowest BCUT2D eigenvalue weighted by atomic mass is 10.3. The van der Waals surface area contributed by atoms with E-state index in [1.807, 2.05) is 12.3 Å². The third-order valence-electron chi connectivity index (χ3n) is 2.91. The molecular weight excluding hydrogens is 292 g/mol. The molecule has 4 nitrogen and oxygen atoms in total. The van der Waals surface area contributed by atoms with E-state index in [1.165, 1.54) is 28.4 Å². The van der Waals surface area contributed by atoms with Crippen molar-refractivity contribution < 1.29 is 9.52 Å². The summed E-state index contributed by atoms with van der Waals surface area (Å²) in [5, 5.41) is 14.0. The number of hydrogen-bond acceptors (Lipinski definition) is 4. The third kappa shape index (κ3) is 3.74. The van der Waals surface area contributed by atoms with Gasteiger partial charge in [0.25, 0.3) is 5.03 Å². The van der Waals surface area contributed by atoms with Crippen LogP contribution in [0.5, 0.6) is 0 Å². The highest BCUT2D eigenvalue weighted by atomic mass is 32.2. The first kappa shape index (κ1) is 14.9. The molecule has 6 heteroatoms. The first-order valence-corrected chi connectivity index (χ1v) is 8.02. The molecule has 0 saturated carbocycles. The van der Waals surface area contributed by atoms with Gasteiger partial charge in [0, 0.05) is 24.1 Å². The number of amides is 1. The maximum atomic E-state index is 12.1. The molecule has 0 radical (unpaired) electrons. The third-order valence-corrected chi connectivity index (χ3v) is 4.92. The highest BCUT2D eigenvalue weighted by Gasteiger charge is 2.14. The number of aryl methyl sites for hydroxylation is 1. The Hall–Kier alpha value is -1.53. The Morgan fingerprint density at radius 1 is 1.45 bits per heavy atom. The van der Waals surface area contributed by atoms with E-state index in [2.05, 4.69) is 6.07 Å². The van der Waals surface area contributed by atoms with Crippen LogP contribution in [0.15, 0.2) is 40.9 Å². The lowest BCUT2D eigenvalue weighted by Crippen LogP contribution is -2.30. The zero-order valence-corrected chi connectivity index (χ0v) is 13.0. The average molecular weight is 308 g/mol. The maximum absolute atomic E-state index is 12.1. The van der Waals surface area contributed by atoms with Gasteiger partial charge in [-0.1, -0.05) is 0 Å². The van der Waals surface area contributed by atoms with Crippen molar-refractivity contribution in [2.75, 3.05) is 12.8 Å². The maximum Gasteiger partial charge on any atom is 0.251 e. The molecule has 0 unspecified atom stereocenters. The molecule has 1 amide bonds. The summed E-state index contributed by atoms with van der Waals surface area (Å²) >= 11 is 2.92. The molecule has 20 heavy (non-hydrogen) atoms. The summed E-state index contributed by atoms with van der Waals surface area (Å²) in [7, 11) is 1.79. The van der Waals surface area contributed by atoms with Crippen molar-refractivity contribution in [3.8, 4) is 0 Å². The zero-order valence-electron chi connectivity index (χ0n) is 11.4. The topological polar surface area (TPSA) is 47.2 Å². The van der Waals surface area contributed by atoms with Crippen molar-refractivity contribution in [1.29, 1.82) is 0 Å². The van der Waals surface area contributed by atoms with Crippen molar-refractivity contribution >= 4 is 29.0 Å². The van der Waals surface area contributed by atoms with Gasteiger partial charge in [-0.3, -0.25) is 4.79 Å². The predicted molar refractivity (Wildman–Crippen MR) is 81.7 cm³/mol. The van der Waals surface area contributed by atoms with Crippen LogP contribution in [0.4, 0.5) is 0 Å². The smallest absolute Gasteiger partial charge is 0.251 e. The molecule has 0 aromatic carbocycles. The standard InChI is InChI=1S/C14H16N2O2S2/c1-11-6-8-19-12(11)9-15(2)13(17)10-20-14-5-3-4-7-16(14)18/h3-8H,9-10H2,1-2H3. The van der Waals surface area contributed by atoms with Crippen molar-refractivity contribution in [2.45, 2.75) is 18.5 Å². The summed E-state index contributed by atoms with van der Waals surface area (Å²) in [6.07, 6.45) is 1.44. The van der Waals surface area contributed by atoms with Gasteiger partial charge in [-0.25, -0.2) is 0 Å². The fraction of sp³-hybridized carbons (Fsp3) is 0.286.